The molecule has 0 aliphatic heterocycles. The highest BCUT2D eigenvalue weighted by Gasteiger charge is 2.20. The van der Waals surface area contributed by atoms with E-state index in [2.05, 4.69) is 66.7 Å². The van der Waals surface area contributed by atoms with Crippen LogP contribution in [-0.4, -0.2) is 4.98 Å². The SMILES string of the molecule is c1ccc(-c2c(-c3cc(C4CCCCC4)ccn3)ccc3oc4ccccc4c23)cc1. The molecule has 2 aromatic heterocycles. The molecule has 3 aromatic carbocycles. The fraction of sp³-hybridized carbons (Fsp3) is 0.207. The van der Waals surface area contributed by atoms with E-state index in [9.17, 15) is 0 Å². The quantitative estimate of drug-likeness (QED) is 0.302. The van der Waals surface area contributed by atoms with Crippen LogP contribution in [-0.2, 0) is 0 Å². The van der Waals surface area contributed by atoms with Crippen LogP contribution in [0.15, 0.2) is 89.5 Å². The van der Waals surface area contributed by atoms with Gasteiger partial charge in [-0.25, -0.2) is 0 Å². The third kappa shape index (κ3) is 3.23. The lowest BCUT2D eigenvalue weighted by Gasteiger charge is -2.22. The molecule has 1 saturated carbocycles. The number of furan rings is 1. The van der Waals surface area contributed by atoms with E-state index in [4.69, 9.17) is 9.40 Å². The van der Waals surface area contributed by atoms with E-state index in [0.29, 0.717) is 5.92 Å². The predicted octanol–water partition coefficient (Wildman–Crippen LogP) is 8.36. The lowest BCUT2D eigenvalue weighted by Crippen LogP contribution is -2.05. The van der Waals surface area contributed by atoms with Gasteiger partial charge in [-0.2, -0.15) is 0 Å². The molecule has 5 aromatic rings. The van der Waals surface area contributed by atoms with Crippen molar-refractivity contribution in [3.8, 4) is 22.4 Å². The summed E-state index contributed by atoms with van der Waals surface area (Å²) in [6.45, 7) is 0. The maximum atomic E-state index is 6.20. The molecule has 0 spiro atoms. The maximum absolute atomic E-state index is 6.20. The minimum absolute atomic E-state index is 0.661. The van der Waals surface area contributed by atoms with Crippen molar-refractivity contribution in [1.29, 1.82) is 0 Å². The first-order chi connectivity index (χ1) is 15.4. The van der Waals surface area contributed by atoms with Gasteiger partial charge in [0.15, 0.2) is 0 Å². The molecule has 1 aliphatic carbocycles. The van der Waals surface area contributed by atoms with E-state index in [1.807, 2.05) is 18.3 Å². The summed E-state index contributed by atoms with van der Waals surface area (Å²) >= 11 is 0. The molecule has 1 fully saturated rings. The number of fused-ring (bicyclic) bond motifs is 3. The van der Waals surface area contributed by atoms with Gasteiger partial charge in [-0.15, -0.1) is 0 Å². The first-order valence-corrected chi connectivity index (χ1v) is 11.3. The topological polar surface area (TPSA) is 26.0 Å². The number of aromatic nitrogens is 1. The maximum Gasteiger partial charge on any atom is 0.136 e. The van der Waals surface area contributed by atoms with Crippen LogP contribution in [0.1, 0.15) is 43.6 Å². The zero-order valence-corrected chi connectivity index (χ0v) is 17.6. The average Bonchev–Trinajstić information content (AvgIpc) is 3.23. The highest BCUT2D eigenvalue weighted by atomic mass is 16.3. The van der Waals surface area contributed by atoms with Crippen molar-refractivity contribution in [2.24, 2.45) is 0 Å². The second-order valence-corrected chi connectivity index (χ2v) is 8.63. The lowest BCUT2D eigenvalue weighted by molar-refractivity contribution is 0.443. The van der Waals surface area contributed by atoms with Crippen LogP contribution in [0, 0.1) is 0 Å². The molecule has 1 aliphatic rings. The van der Waals surface area contributed by atoms with Crippen molar-refractivity contribution >= 4 is 21.9 Å². The molecule has 0 unspecified atom stereocenters. The van der Waals surface area contributed by atoms with E-state index in [-0.39, 0.29) is 0 Å². The molecule has 31 heavy (non-hydrogen) atoms. The summed E-state index contributed by atoms with van der Waals surface area (Å²) < 4.78 is 6.20. The molecule has 0 amide bonds. The lowest BCUT2D eigenvalue weighted by atomic mass is 9.83. The molecule has 0 saturated heterocycles. The van der Waals surface area contributed by atoms with E-state index in [1.54, 1.807) is 0 Å². The van der Waals surface area contributed by atoms with Gasteiger partial charge in [-0.05, 0) is 60.2 Å². The zero-order chi connectivity index (χ0) is 20.6. The molecular weight excluding hydrogens is 378 g/mol. The zero-order valence-electron chi connectivity index (χ0n) is 17.6. The summed E-state index contributed by atoms with van der Waals surface area (Å²) in [6.07, 6.45) is 8.62. The summed E-state index contributed by atoms with van der Waals surface area (Å²) in [5.41, 5.74) is 7.90. The van der Waals surface area contributed by atoms with Crippen molar-refractivity contribution in [1.82, 2.24) is 4.98 Å². The fourth-order valence-corrected chi connectivity index (χ4v) is 5.22. The molecule has 6 rings (SSSR count). The Morgan fingerprint density at radius 2 is 1.55 bits per heavy atom. The number of hydrogen-bond acceptors (Lipinski definition) is 2. The van der Waals surface area contributed by atoms with E-state index < -0.39 is 0 Å². The Balaban J connectivity index is 1.61. The van der Waals surface area contributed by atoms with Gasteiger partial charge in [0.25, 0.3) is 0 Å². The number of benzene rings is 3. The highest BCUT2D eigenvalue weighted by Crippen LogP contribution is 2.43. The predicted molar refractivity (Wildman–Crippen MR) is 128 cm³/mol. The molecule has 0 radical (unpaired) electrons. The largest absolute Gasteiger partial charge is 0.456 e. The Bertz CT molecular complexity index is 1360. The summed E-state index contributed by atoms with van der Waals surface area (Å²) in [4.78, 5) is 4.83. The Hall–Kier alpha value is -3.39. The Kier molecular flexibility index (Phi) is 4.57. The molecule has 0 atom stereocenters. The normalized spacial score (nSPS) is 15.0. The van der Waals surface area contributed by atoms with Crippen LogP contribution < -0.4 is 0 Å². The Morgan fingerprint density at radius 1 is 0.742 bits per heavy atom. The van der Waals surface area contributed by atoms with Gasteiger partial charge in [-0.3, -0.25) is 4.98 Å². The third-order valence-electron chi connectivity index (χ3n) is 6.74. The van der Waals surface area contributed by atoms with Gasteiger partial charge >= 0.3 is 0 Å². The number of pyridine rings is 1. The van der Waals surface area contributed by atoms with Crippen LogP contribution in [0.4, 0.5) is 0 Å². The molecule has 2 nitrogen and oxygen atoms in total. The van der Waals surface area contributed by atoms with Crippen LogP contribution in [0.3, 0.4) is 0 Å². The van der Waals surface area contributed by atoms with Gasteiger partial charge in [0.1, 0.15) is 11.2 Å². The summed E-state index contributed by atoms with van der Waals surface area (Å²) in [5.74, 6) is 0.661. The number of hydrogen-bond donors (Lipinski definition) is 0. The van der Waals surface area contributed by atoms with Gasteiger partial charge in [-0.1, -0.05) is 67.8 Å². The van der Waals surface area contributed by atoms with E-state index in [1.165, 1.54) is 59.7 Å². The van der Waals surface area contributed by atoms with Crippen LogP contribution in [0.5, 0.6) is 0 Å². The second kappa shape index (κ2) is 7.70. The van der Waals surface area contributed by atoms with Crippen molar-refractivity contribution < 1.29 is 4.42 Å². The van der Waals surface area contributed by atoms with Crippen LogP contribution >= 0.6 is 0 Å². The minimum Gasteiger partial charge on any atom is -0.456 e. The van der Waals surface area contributed by atoms with E-state index in [0.717, 1.165) is 22.2 Å². The fourth-order valence-electron chi connectivity index (χ4n) is 5.22. The molecule has 0 N–H and O–H groups in total. The van der Waals surface area contributed by atoms with Gasteiger partial charge in [0.2, 0.25) is 0 Å². The first kappa shape index (κ1) is 18.4. The molecule has 2 heterocycles. The summed E-state index contributed by atoms with van der Waals surface area (Å²) in [7, 11) is 0. The highest BCUT2D eigenvalue weighted by molar-refractivity contribution is 6.15. The first-order valence-electron chi connectivity index (χ1n) is 11.3. The van der Waals surface area contributed by atoms with Crippen LogP contribution in [0.25, 0.3) is 44.3 Å². The molecule has 2 heteroatoms. The Morgan fingerprint density at radius 3 is 2.42 bits per heavy atom. The number of rotatable bonds is 3. The van der Waals surface area contributed by atoms with E-state index >= 15 is 0 Å². The monoisotopic (exact) mass is 403 g/mol. The minimum atomic E-state index is 0.661. The molecule has 152 valence electrons. The van der Waals surface area contributed by atoms with Crippen molar-refractivity contribution in [3.05, 3.63) is 90.6 Å². The van der Waals surface area contributed by atoms with Crippen molar-refractivity contribution in [2.45, 2.75) is 38.0 Å². The average molecular weight is 404 g/mol. The summed E-state index contributed by atoms with van der Waals surface area (Å²) in [6, 6.07) is 27.8. The van der Waals surface area contributed by atoms with Crippen LogP contribution in [0.2, 0.25) is 0 Å². The van der Waals surface area contributed by atoms with Gasteiger partial charge in [0, 0.05) is 28.1 Å². The molecule has 0 bridgehead atoms. The second-order valence-electron chi connectivity index (χ2n) is 8.63. The standard InChI is InChI=1S/C29H25NO/c1-3-9-20(10-4-1)22-17-18-30-25(19-22)23-15-16-27-29(24-13-7-8-14-26(24)31-27)28(23)21-11-5-2-6-12-21/h2,5-8,11-20H,1,3-4,9-10H2. The van der Waals surface area contributed by atoms with Crippen molar-refractivity contribution in [2.75, 3.05) is 0 Å². The Labute approximate surface area is 182 Å². The smallest absolute Gasteiger partial charge is 0.136 e. The third-order valence-corrected chi connectivity index (χ3v) is 6.74. The van der Waals surface area contributed by atoms with Gasteiger partial charge in [0.05, 0.1) is 5.69 Å². The van der Waals surface area contributed by atoms with Gasteiger partial charge < -0.3 is 4.42 Å². The molecular formula is C29H25NO. The number of para-hydroxylation sites is 1. The summed E-state index contributed by atoms with van der Waals surface area (Å²) in [5, 5.41) is 2.32. The number of nitrogens with zero attached hydrogens (tertiary/aromatic N) is 1. The van der Waals surface area contributed by atoms with Crippen molar-refractivity contribution in [3.63, 3.8) is 0 Å².